The lowest BCUT2D eigenvalue weighted by Crippen LogP contribution is -2.37. The predicted molar refractivity (Wildman–Crippen MR) is 99.8 cm³/mol. The van der Waals surface area contributed by atoms with E-state index in [1.54, 1.807) is 0 Å². The lowest BCUT2D eigenvalue weighted by atomic mass is 9.92. The molecule has 1 saturated carbocycles. The number of hydrogen-bond acceptors (Lipinski definition) is 3. The summed E-state index contributed by atoms with van der Waals surface area (Å²) in [5.41, 5.74) is 2.85. The smallest absolute Gasteiger partial charge is 0.313 e. The van der Waals surface area contributed by atoms with E-state index >= 15 is 0 Å². The van der Waals surface area contributed by atoms with Crippen LogP contribution in [-0.2, 0) is 14.3 Å². The van der Waals surface area contributed by atoms with Crippen LogP contribution in [0.3, 0.4) is 0 Å². The average Bonchev–Trinajstić information content (AvgIpc) is 3.38. The molecule has 1 aromatic carbocycles. The molecule has 0 atom stereocenters. The largest absolute Gasteiger partial charge is 0.379 e. The molecule has 0 radical (unpaired) electrons. The second-order valence-corrected chi connectivity index (χ2v) is 7.35. The molecular weight excluding hydrogens is 316 g/mol. The van der Waals surface area contributed by atoms with E-state index < -0.39 is 11.8 Å². The first-order valence-corrected chi connectivity index (χ1v) is 9.19. The molecule has 2 amide bonds. The maximum atomic E-state index is 12.3. The molecule has 0 aromatic heterocycles. The van der Waals surface area contributed by atoms with Gasteiger partial charge in [0.05, 0.1) is 6.61 Å². The first-order chi connectivity index (χ1) is 11.9. The third kappa shape index (κ3) is 5.85. The van der Waals surface area contributed by atoms with Crippen LogP contribution in [0.15, 0.2) is 18.2 Å². The highest BCUT2D eigenvalue weighted by atomic mass is 16.5. The zero-order valence-electron chi connectivity index (χ0n) is 15.7. The fourth-order valence-corrected chi connectivity index (χ4v) is 2.72. The minimum absolute atomic E-state index is 0.257. The number of para-hydroxylation sites is 1. The van der Waals surface area contributed by atoms with E-state index in [9.17, 15) is 9.59 Å². The summed E-state index contributed by atoms with van der Waals surface area (Å²) >= 11 is 0. The maximum absolute atomic E-state index is 12.3. The molecule has 1 aliphatic rings. The van der Waals surface area contributed by atoms with Gasteiger partial charge < -0.3 is 15.4 Å². The van der Waals surface area contributed by atoms with Crippen LogP contribution in [0.2, 0.25) is 0 Å². The zero-order valence-corrected chi connectivity index (χ0v) is 15.7. The first-order valence-electron chi connectivity index (χ1n) is 9.19. The topological polar surface area (TPSA) is 67.4 Å². The van der Waals surface area contributed by atoms with Crippen molar-refractivity contribution in [2.75, 3.05) is 25.1 Å². The number of carbonyl (C=O) groups excluding carboxylic acids is 2. The third-order valence-corrected chi connectivity index (χ3v) is 4.40. The van der Waals surface area contributed by atoms with Gasteiger partial charge in [0.25, 0.3) is 0 Å². The predicted octanol–water partition coefficient (Wildman–Crippen LogP) is 3.41. The summed E-state index contributed by atoms with van der Waals surface area (Å²) in [6, 6.07) is 5.99. The highest BCUT2D eigenvalue weighted by Gasteiger charge is 2.22. The molecule has 0 heterocycles. The van der Waals surface area contributed by atoms with Gasteiger partial charge in [0, 0.05) is 18.8 Å². The molecular formula is C20H30N2O3. The van der Waals surface area contributed by atoms with Crippen molar-refractivity contribution >= 4 is 17.5 Å². The average molecular weight is 346 g/mol. The van der Waals surface area contributed by atoms with Gasteiger partial charge in [0.15, 0.2) is 0 Å². The molecule has 0 aliphatic heterocycles. The van der Waals surface area contributed by atoms with Crippen molar-refractivity contribution in [3.8, 4) is 0 Å². The molecule has 0 spiro atoms. The summed E-state index contributed by atoms with van der Waals surface area (Å²) in [4.78, 5) is 24.3. The van der Waals surface area contributed by atoms with Gasteiger partial charge >= 0.3 is 11.8 Å². The van der Waals surface area contributed by atoms with Crippen molar-refractivity contribution in [1.82, 2.24) is 5.32 Å². The SMILES string of the molecule is CC(C)c1cccc(C(C)C)c1NC(=O)C(=O)NCCOCC1CC1. The van der Waals surface area contributed by atoms with Crippen LogP contribution in [0.5, 0.6) is 0 Å². The van der Waals surface area contributed by atoms with E-state index in [1.807, 2.05) is 18.2 Å². The summed E-state index contributed by atoms with van der Waals surface area (Å²) in [7, 11) is 0. The van der Waals surface area contributed by atoms with E-state index in [2.05, 4.69) is 38.3 Å². The highest BCUT2D eigenvalue weighted by Crippen LogP contribution is 2.32. The van der Waals surface area contributed by atoms with Crippen LogP contribution in [0.25, 0.3) is 0 Å². The van der Waals surface area contributed by atoms with E-state index in [0.717, 1.165) is 23.4 Å². The summed E-state index contributed by atoms with van der Waals surface area (Å²) in [5.74, 6) is -0.0396. The molecule has 0 unspecified atom stereocenters. The van der Waals surface area contributed by atoms with Crippen LogP contribution in [0.1, 0.15) is 63.5 Å². The van der Waals surface area contributed by atoms with Crippen LogP contribution in [0.4, 0.5) is 5.69 Å². The molecule has 1 aromatic rings. The Balaban J connectivity index is 1.92. The number of nitrogens with one attached hydrogen (secondary N) is 2. The zero-order chi connectivity index (χ0) is 18.4. The second kappa shape index (κ2) is 8.99. The molecule has 2 N–H and O–H groups in total. The summed E-state index contributed by atoms with van der Waals surface area (Å²) in [6.07, 6.45) is 2.48. The van der Waals surface area contributed by atoms with Crippen molar-refractivity contribution in [3.05, 3.63) is 29.3 Å². The van der Waals surface area contributed by atoms with Crippen molar-refractivity contribution < 1.29 is 14.3 Å². The van der Waals surface area contributed by atoms with Gasteiger partial charge in [0.2, 0.25) is 0 Å². The molecule has 5 nitrogen and oxygen atoms in total. The Morgan fingerprint density at radius 3 is 2.20 bits per heavy atom. The van der Waals surface area contributed by atoms with Gasteiger partial charge in [-0.2, -0.15) is 0 Å². The van der Waals surface area contributed by atoms with Crippen molar-refractivity contribution in [3.63, 3.8) is 0 Å². The van der Waals surface area contributed by atoms with Gasteiger partial charge in [-0.1, -0.05) is 45.9 Å². The first kappa shape index (κ1) is 19.4. The molecule has 2 rings (SSSR count). The Kier molecular flexibility index (Phi) is 7.00. The highest BCUT2D eigenvalue weighted by molar-refractivity contribution is 6.39. The van der Waals surface area contributed by atoms with Gasteiger partial charge in [-0.25, -0.2) is 0 Å². The van der Waals surface area contributed by atoms with Gasteiger partial charge in [-0.05, 0) is 41.7 Å². The summed E-state index contributed by atoms with van der Waals surface area (Å²) in [6.45, 7) is 9.84. The number of rotatable bonds is 8. The van der Waals surface area contributed by atoms with Crippen molar-refractivity contribution in [2.45, 2.75) is 52.4 Å². The molecule has 0 saturated heterocycles. The van der Waals surface area contributed by atoms with E-state index in [-0.39, 0.29) is 11.8 Å². The van der Waals surface area contributed by atoms with Crippen LogP contribution in [-0.4, -0.2) is 31.6 Å². The lowest BCUT2D eigenvalue weighted by molar-refractivity contribution is -0.136. The minimum Gasteiger partial charge on any atom is -0.379 e. The minimum atomic E-state index is -0.628. The van der Waals surface area contributed by atoms with Crippen LogP contribution >= 0.6 is 0 Å². The molecule has 138 valence electrons. The quantitative estimate of drug-likeness (QED) is 0.560. The number of hydrogen-bond donors (Lipinski definition) is 2. The monoisotopic (exact) mass is 346 g/mol. The van der Waals surface area contributed by atoms with Gasteiger partial charge in [0.1, 0.15) is 0 Å². The molecule has 5 heteroatoms. The molecule has 1 aliphatic carbocycles. The van der Waals surface area contributed by atoms with Crippen LogP contribution in [0, 0.1) is 5.92 Å². The molecule has 1 fully saturated rings. The number of benzene rings is 1. The van der Waals surface area contributed by atoms with Gasteiger partial charge in [-0.15, -0.1) is 0 Å². The van der Waals surface area contributed by atoms with Crippen LogP contribution < -0.4 is 10.6 Å². The number of anilines is 1. The van der Waals surface area contributed by atoms with Gasteiger partial charge in [-0.3, -0.25) is 9.59 Å². The summed E-state index contributed by atoms with van der Waals surface area (Å²) < 4.78 is 5.46. The lowest BCUT2D eigenvalue weighted by Gasteiger charge is -2.20. The molecule has 25 heavy (non-hydrogen) atoms. The Bertz CT molecular complexity index is 581. The Labute approximate surface area is 150 Å². The second-order valence-electron chi connectivity index (χ2n) is 7.35. The van der Waals surface area contributed by atoms with Crippen molar-refractivity contribution in [2.24, 2.45) is 5.92 Å². The number of amides is 2. The third-order valence-electron chi connectivity index (χ3n) is 4.40. The van der Waals surface area contributed by atoms with E-state index in [0.29, 0.717) is 19.1 Å². The van der Waals surface area contributed by atoms with Crippen molar-refractivity contribution in [1.29, 1.82) is 0 Å². The number of ether oxygens (including phenoxy) is 1. The summed E-state index contributed by atoms with van der Waals surface area (Å²) in [5, 5.41) is 5.44. The normalized spacial score (nSPS) is 14.0. The maximum Gasteiger partial charge on any atom is 0.313 e. The Morgan fingerprint density at radius 2 is 1.68 bits per heavy atom. The standard InChI is InChI=1S/C20H30N2O3/c1-13(2)16-6-5-7-17(14(3)4)18(16)22-20(24)19(23)21-10-11-25-12-15-8-9-15/h5-7,13-15H,8-12H2,1-4H3,(H,21,23)(H,22,24). The fourth-order valence-electron chi connectivity index (χ4n) is 2.72. The Morgan fingerprint density at radius 1 is 1.08 bits per heavy atom. The molecule has 0 bridgehead atoms. The van der Waals surface area contributed by atoms with E-state index in [1.165, 1.54) is 12.8 Å². The fraction of sp³-hybridized carbons (Fsp3) is 0.600. The Hall–Kier alpha value is -1.88. The van der Waals surface area contributed by atoms with E-state index in [4.69, 9.17) is 4.74 Å². The number of carbonyl (C=O) groups is 2.